The number of anilines is 4. The van der Waals surface area contributed by atoms with Crippen molar-refractivity contribution in [3.8, 4) is 0 Å². The van der Waals surface area contributed by atoms with Crippen LogP contribution in [0, 0.1) is 27.7 Å². The van der Waals surface area contributed by atoms with Crippen molar-refractivity contribution < 1.29 is 9.53 Å². The highest BCUT2D eigenvalue weighted by Crippen LogP contribution is 2.34. The fraction of sp³-hybridized carbons (Fsp3) is 0.316. The van der Waals surface area contributed by atoms with Crippen LogP contribution in [0.3, 0.4) is 0 Å². The van der Waals surface area contributed by atoms with Gasteiger partial charge in [0.05, 0.1) is 18.5 Å². The summed E-state index contributed by atoms with van der Waals surface area (Å²) in [6.45, 7) is 7.89. The Morgan fingerprint density at radius 2 is 1.38 bits per heavy atom. The van der Waals surface area contributed by atoms with Gasteiger partial charge in [-0.25, -0.2) is 9.69 Å². The molecule has 0 aliphatic rings. The summed E-state index contributed by atoms with van der Waals surface area (Å²) in [6, 6.07) is 7.74. The van der Waals surface area contributed by atoms with Crippen LogP contribution in [0.5, 0.6) is 0 Å². The van der Waals surface area contributed by atoms with Crippen LogP contribution in [0.2, 0.25) is 0 Å². The molecule has 0 spiro atoms. The van der Waals surface area contributed by atoms with E-state index in [0.717, 1.165) is 45.0 Å². The molecule has 0 heterocycles. The Labute approximate surface area is 143 Å². The Kier molecular flexibility index (Phi) is 5.02. The third-order valence-electron chi connectivity index (χ3n) is 4.22. The number of benzene rings is 2. The topological polar surface area (TPSA) is 67.6 Å². The number of hydrogen-bond donors (Lipinski definition) is 2. The SMILES string of the molecule is CNc1c(C)cc(N(C(=O)OC)c2cc(C)c(N)c(C)c2)cc1C. The van der Waals surface area contributed by atoms with E-state index in [2.05, 4.69) is 5.32 Å². The molecular formula is C19H25N3O2. The van der Waals surface area contributed by atoms with Gasteiger partial charge in [-0.2, -0.15) is 0 Å². The van der Waals surface area contributed by atoms with Crippen LogP contribution in [0.1, 0.15) is 22.3 Å². The van der Waals surface area contributed by atoms with E-state index in [0.29, 0.717) is 0 Å². The lowest BCUT2D eigenvalue weighted by molar-refractivity contribution is 0.181. The Morgan fingerprint density at radius 1 is 0.958 bits per heavy atom. The number of aryl methyl sites for hydroxylation is 4. The molecule has 24 heavy (non-hydrogen) atoms. The number of rotatable bonds is 3. The number of methoxy groups -OCH3 is 1. The predicted octanol–water partition coefficient (Wildman–Crippen LogP) is 4.45. The number of nitrogens with two attached hydrogens (primary N) is 1. The van der Waals surface area contributed by atoms with Gasteiger partial charge in [-0.1, -0.05) is 0 Å². The normalized spacial score (nSPS) is 10.4. The number of nitrogens with zero attached hydrogens (tertiary/aromatic N) is 1. The molecular weight excluding hydrogens is 302 g/mol. The van der Waals surface area contributed by atoms with Gasteiger partial charge in [-0.3, -0.25) is 0 Å². The number of carbonyl (C=O) groups excluding carboxylic acids is 1. The maximum absolute atomic E-state index is 12.5. The van der Waals surface area contributed by atoms with Crippen LogP contribution in [-0.2, 0) is 4.74 Å². The first kappa shape index (κ1) is 17.7. The number of nitrogen functional groups attached to an aromatic ring is 1. The van der Waals surface area contributed by atoms with Crippen molar-refractivity contribution in [1.82, 2.24) is 0 Å². The molecule has 3 N–H and O–H groups in total. The fourth-order valence-electron chi connectivity index (χ4n) is 3.00. The van der Waals surface area contributed by atoms with Crippen molar-refractivity contribution in [3.63, 3.8) is 0 Å². The average molecular weight is 327 g/mol. The third-order valence-corrected chi connectivity index (χ3v) is 4.22. The predicted molar refractivity (Wildman–Crippen MR) is 100 cm³/mol. The van der Waals surface area contributed by atoms with Gasteiger partial charge in [-0.05, 0) is 74.2 Å². The Bertz CT molecular complexity index is 738. The van der Waals surface area contributed by atoms with Crippen molar-refractivity contribution >= 4 is 28.8 Å². The first-order valence-electron chi connectivity index (χ1n) is 7.84. The van der Waals surface area contributed by atoms with E-state index in [9.17, 15) is 4.79 Å². The molecule has 1 amide bonds. The van der Waals surface area contributed by atoms with Crippen LogP contribution in [0.25, 0.3) is 0 Å². The van der Waals surface area contributed by atoms with Crippen LogP contribution in [0.15, 0.2) is 24.3 Å². The molecule has 5 nitrogen and oxygen atoms in total. The van der Waals surface area contributed by atoms with Gasteiger partial charge >= 0.3 is 6.09 Å². The molecule has 0 atom stereocenters. The first-order chi connectivity index (χ1) is 11.3. The lowest BCUT2D eigenvalue weighted by atomic mass is 10.0. The lowest BCUT2D eigenvalue weighted by Gasteiger charge is -2.24. The summed E-state index contributed by atoms with van der Waals surface area (Å²) in [6.07, 6.45) is -0.436. The summed E-state index contributed by atoms with van der Waals surface area (Å²) in [4.78, 5) is 14.0. The van der Waals surface area contributed by atoms with E-state index < -0.39 is 6.09 Å². The zero-order chi connectivity index (χ0) is 18.0. The molecule has 2 rings (SSSR count). The smallest absolute Gasteiger partial charge is 0.418 e. The van der Waals surface area contributed by atoms with E-state index in [1.807, 2.05) is 59.0 Å². The minimum absolute atomic E-state index is 0.436. The maximum atomic E-state index is 12.5. The van der Waals surface area contributed by atoms with E-state index in [4.69, 9.17) is 10.5 Å². The molecule has 0 aliphatic carbocycles. The van der Waals surface area contributed by atoms with Gasteiger partial charge in [0, 0.05) is 18.4 Å². The molecule has 128 valence electrons. The molecule has 0 radical (unpaired) electrons. The highest BCUT2D eigenvalue weighted by molar-refractivity contribution is 5.97. The van der Waals surface area contributed by atoms with Crippen LogP contribution in [-0.4, -0.2) is 20.3 Å². The molecule has 0 aliphatic heterocycles. The van der Waals surface area contributed by atoms with E-state index >= 15 is 0 Å². The Balaban J connectivity index is 2.65. The number of carbonyl (C=O) groups is 1. The first-order valence-corrected chi connectivity index (χ1v) is 7.84. The monoisotopic (exact) mass is 327 g/mol. The number of amides is 1. The summed E-state index contributed by atoms with van der Waals surface area (Å²) in [7, 11) is 3.27. The van der Waals surface area contributed by atoms with E-state index in [-0.39, 0.29) is 0 Å². The molecule has 0 saturated carbocycles. The van der Waals surface area contributed by atoms with Crippen LogP contribution < -0.4 is 16.0 Å². The summed E-state index contributed by atoms with van der Waals surface area (Å²) in [5, 5.41) is 3.19. The van der Waals surface area contributed by atoms with Crippen molar-refractivity contribution in [2.24, 2.45) is 0 Å². The summed E-state index contributed by atoms with van der Waals surface area (Å²) < 4.78 is 5.01. The number of ether oxygens (including phenoxy) is 1. The van der Waals surface area contributed by atoms with Gasteiger partial charge in [0.25, 0.3) is 0 Å². The van der Waals surface area contributed by atoms with Crippen molar-refractivity contribution in [3.05, 3.63) is 46.5 Å². The van der Waals surface area contributed by atoms with Crippen LogP contribution in [0.4, 0.5) is 27.5 Å². The molecule has 2 aromatic carbocycles. The van der Waals surface area contributed by atoms with Crippen molar-refractivity contribution in [1.29, 1.82) is 0 Å². The molecule has 2 aromatic rings. The molecule has 0 bridgehead atoms. The maximum Gasteiger partial charge on any atom is 0.418 e. The third kappa shape index (κ3) is 3.15. The molecule has 5 heteroatoms. The average Bonchev–Trinajstić information content (AvgIpc) is 2.52. The highest BCUT2D eigenvalue weighted by atomic mass is 16.5. The second-order valence-electron chi connectivity index (χ2n) is 6.00. The van der Waals surface area contributed by atoms with Crippen molar-refractivity contribution in [2.45, 2.75) is 27.7 Å². The highest BCUT2D eigenvalue weighted by Gasteiger charge is 2.21. The molecule has 0 aromatic heterocycles. The second kappa shape index (κ2) is 6.83. The minimum atomic E-state index is -0.436. The fourth-order valence-corrected chi connectivity index (χ4v) is 3.00. The van der Waals surface area contributed by atoms with Gasteiger partial charge in [0.15, 0.2) is 0 Å². The number of hydrogen-bond acceptors (Lipinski definition) is 4. The zero-order valence-corrected chi connectivity index (χ0v) is 15.2. The summed E-state index contributed by atoms with van der Waals surface area (Å²) in [5.74, 6) is 0. The largest absolute Gasteiger partial charge is 0.452 e. The Hall–Kier alpha value is -2.69. The molecule has 0 fully saturated rings. The summed E-state index contributed by atoms with van der Waals surface area (Å²) in [5.41, 5.74) is 13.3. The lowest BCUT2D eigenvalue weighted by Crippen LogP contribution is -2.26. The summed E-state index contributed by atoms with van der Waals surface area (Å²) >= 11 is 0. The number of nitrogens with one attached hydrogen (secondary N) is 1. The van der Waals surface area contributed by atoms with Gasteiger partial charge in [-0.15, -0.1) is 0 Å². The van der Waals surface area contributed by atoms with Gasteiger partial charge in [0.1, 0.15) is 0 Å². The van der Waals surface area contributed by atoms with Crippen molar-refractivity contribution in [2.75, 3.05) is 30.1 Å². The second-order valence-corrected chi connectivity index (χ2v) is 6.00. The Morgan fingerprint density at radius 3 is 1.75 bits per heavy atom. The van der Waals surface area contributed by atoms with Crippen LogP contribution >= 0.6 is 0 Å². The minimum Gasteiger partial charge on any atom is -0.452 e. The quantitative estimate of drug-likeness (QED) is 0.817. The van der Waals surface area contributed by atoms with Gasteiger partial charge < -0.3 is 15.8 Å². The molecule has 0 saturated heterocycles. The van der Waals surface area contributed by atoms with E-state index in [1.54, 1.807) is 4.90 Å². The van der Waals surface area contributed by atoms with Gasteiger partial charge in [0.2, 0.25) is 0 Å². The zero-order valence-electron chi connectivity index (χ0n) is 15.2. The van der Waals surface area contributed by atoms with E-state index in [1.165, 1.54) is 7.11 Å². The molecule has 0 unspecified atom stereocenters. The standard InChI is InChI=1S/C19H25N3O2/c1-11-7-15(8-12(2)17(11)20)22(19(23)24-6)16-9-13(3)18(21-5)14(4)10-16/h7-10,21H,20H2,1-6H3.